The summed E-state index contributed by atoms with van der Waals surface area (Å²) in [6.45, 7) is 2.05. The van der Waals surface area contributed by atoms with E-state index in [-0.39, 0.29) is 29.7 Å². The van der Waals surface area contributed by atoms with Crippen LogP contribution in [0.4, 0.5) is 13.2 Å². The Bertz CT molecular complexity index is 1230. The van der Waals surface area contributed by atoms with Crippen molar-refractivity contribution in [3.8, 4) is 5.75 Å². The van der Waals surface area contributed by atoms with Crippen LogP contribution in [0.1, 0.15) is 46.1 Å². The molecule has 0 aliphatic heterocycles. The minimum Gasteiger partial charge on any atom is -0.406 e. The van der Waals surface area contributed by atoms with Crippen LogP contribution >= 0.6 is 0 Å². The molecule has 1 atom stereocenters. The summed E-state index contributed by atoms with van der Waals surface area (Å²) in [6, 6.07) is 7.27. The number of amides is 1. The molecular weight excluding hydrogens is 435 g/mol. The number of hydrogen-bond donors (Lipinski definition) is 2. The Kier molecular flexibility index (Phi) is 6.01. The van der Waals surface area contributed by atoms with E-state index >= 15 is 0 Å². The minimum atomic E-state index is -4.89. The third kappa shape index (κ3) is 5.63. The second-order valence-electron chi connectivity index (χ2n) is 8.32. The molecule has 1 amide bonds. The highest BCUT2D eigenvalue weighted by Crippen LogP contribution is 2.40. The molecule has 2 N–H and O–H groups in total. The summed E-state index contributed by atoms with van der Waals surface area (Å²) in [4.78, 5) is 17.5. The van der Waals surface area contributed by atoms with E-state index in [0.29, 0.717) is 5.56 Å². The van der Waals surface area contributed by atoms with Crippen molar-refractivity contribution in [2.24, 2.45) is 13.0 Å². The lowest BCUT2D eigenvalue weighted by Gasteiger charge is -2.19. The van der Waals surface area contributed by atoms with Crippen LogP contribution in [0, 0.1) is 18.3 Å². The van der Waals surface area contributed by atoms with Crippen LogP contribution in [0.25, 0.3) is 0 Å². The molecule has 0 radical (unpaired) electrons. The topological polar surface area (TPSA) is 84.9 Å². The van der Waals surface area contributed by atoms with E-state index in [4.69, 9.17) is 5.41 Å². The molecule has 33 heavy (non-hydrogen) atoms. The molecule has 1 aliphatic rings. The summed E-state index contributed by atoms with van der Waals surface area (Å²) in [5, 5.41) is 11.0. The molecule has 0 spiro atoms. The summed E-state index contributed by atoms with van der Waals surface area (Å²) < 4.78 is 46.0. The molecular formula is C23H24F3N5O2. The van der Waals surface area contributed by atoms with Gasteiger partial charge in [-0.25, -0.2) is 0 Å². The summed E-state index contributed by atoms with van der Waals surface area (Å²) in [5.41, 5.74) is 2.36. The number of imidazole rings is 1. The second-order valence-corrected chi connectivity index (χ2v) is 8.32. The first-order valence-corrected chi connectivity index (χ1v) is 10.5. The first-order chi connectivity index (χ1) is 15.6. The van der Waals surface area contributed by atoms with E-state index in [9.17, 15) is 18.0 Å². The molecule has 4 rings (SSSR count). The summed E-state index contributed by atoms with van der Waals surface area (Å²) in [5.74, 6) is -0.749. The Morgan fingerprint density at radius 3 is 2.64 bits per heavy atom. The summed E-state index contributed by atoms with van der Waals surface area (Å²) >= 11 is 0. The number of carbonyl (C=O) groups is 1. The van der Waals surface area contributed by atoms with Crippen LogP contribution in [0.5, 0.6) is 5.75 Å². The number of nitrogens with zero attached hydrogens (tertiary/aromatic N) is 3. The van der Waals surface area contributed by atoms with Crippen molar-refractivity contribution in [3.63, 3.8) is 0 Å². The van der Waals surface area contributed by atoms with E-state index < -0.39 is 18.0 Å². The van der Waals surface area contributed by atoms with E-state index in [1.54, 1.807) is 34.8 Å². The molecule has 7 nitrogen and oxygen atoms in total. The molecule has 174 valence electrons. The molecule has 0 saturated heterocycles. The van der Waals surface area contributed by atoms with Crippen molar-refractivity contribution in [1.29, 1.82) is 5.41 Å². The van der Waals surface area contributed by atoms with Crippen molar-refractivity contribution in [2.45, 2.75) is 38.7 Å². The van der Waals surface area contributed by atoms with Crippen LogP contribution in [-0.4, -0.2) is 26.4 Å². The Hall–Kier alpha value is -3.56. The van der Waals surface area contributed by atoms with E-state index in [2.05, 4.69) is 15.0 Å². The Morgan fingerprint density at radius 2 is 2.03 bits per heavy atom. The largest absolute Gasteiger partial charge is 0.573 e. The predicted molar refractivity (Wildman–Crippen MR) is 113 cm³/mol. The van der Waals surface area contributed by atoms with Gasteiger partial charge < -0.3 is 19.2 Å². The van der Waals surface area contributed by atoms with Crippen LogP contribution in [0.15, 0.2) is 48.9 Å². The number of pyridine rings is 1. The molecule has 0 bridgehead atoms. The molecule has 1 saturated carbocycles. The molecule has 1 unspecified atom stereocenters. The first-order valence-electron chi connectivity index (χ1n) is 10.5. The number of alkyl halides is 3. The van der Waals surface area contributed by atoms with Gasteiger partial charge in [-0.2, -0.15) is 0 Å². The zero-order valence-corrected chi connectivity index (χ0v) is 18.2. The molecule has 3 aromatic rings. The number of halogens is 3. The first kappa shape index (κ1) is 22.6. The number of aromatic nitrogens is 3. The third-order valence-corrected chi connectivity index (χ3v) is 5.53. The summed E-state index contributed by atoms with van der Waals surface area (Å²) in [7, 11) is 1.69. The molecule has 2 heterocycles. The molecule has 1 aromatic carbocycles. The zero-order chi connectivity index (χ0) is 23.8. The van der Waals surface area contributed by atoms with Gasteiger partial charge in [0, 0.05) is 31.2 Å². The van der Waals surface area contributed by atoms with Crippen molar-refractivity contribution in [2.75, 3.05) is 0 Å². The van der Waals surface area contributed by atoms with Crippen LogP contribution < -0.4 is 15.7 Å². The van der Waals surface area contributed by atoms with E-state index in [0.717, 1.165) is 30.2 Å². The second kappa shape index (κ2) is 8.76. The third-order valence-electron chi connectivity index (χ3n) is 5.53. The van der Waals surface area contributed by atoms with Crippen LogP contribution in [0.3, 0.4) is 0 Å². The van der Waals surface area contributed by atoms with Crippen LogP contribution in [-0.2, 0) is 13.6 Å². The highest BCUT2D eigenvalue weighted by molar-refractivity contribution is 5.95. The fraction of sp³-hybridized carbons (Fsp3) is 0.348. The number of ether oxygens (including phenoxy) is 1. The number of nitrogens with one attached hydrogen (secondary N) is 2. The summed E-state index contributed by atoms with van der Waals surface area (Å²) in [6.07, 6.45) is 1.99. The average molecular weight is 459 g/mol. The quantitative estimate of drug-likeness (QED) is 0.563. The van der Waals surface area contributed by atoms with Crippen molar-refractivity contribution in [3.05, 3.63) is 76.9 Å². The van der Waals surface area contributed by atoms with Gasteiger partial charge in [0.05, 0.1) is 18.3 Å². The van der Waals surface area contributed by atoms with E-state index in [1.165, 1.54) is 12.1 Å². The number of hydrogen-bond acceptors (Lipinski definition) is 4. The monoisotopic (exact) mass is 459 g/mol. The maximum absolute atomic E-state index is 13.1. The number of aryl methyl sites for hydroxylation is 2. The van der Waals surface area contributed by atoms with E-state index in [1.807, 2.05) is 19.1 Å². The van der Waals surface area contributed by atoms with Gasteiger partial charge in [-0.3, -0.25) is 15.2 Å². The predicted octanol–water partition coefficient (Wildman–Crippen LogP) is 3.84. The fourth-order valence-electron chi connectivity index (χ4n) is 3.74. The highest BCUT2D eigenvalue weighted by atomic mass is 19.4. The standard InChI is InChI=1S/C23H24F3N5O2/c1-14-5-6-28-19(9-14)20(16-3-4-16)29-21(32)17-10-15(11-18(12-17)33-23(24,25)26)13-31-8-7-30(2)22(31)27/h5-12,16,20,27H,3-4,13H2,1-2H3,(H,29,32). The Balaban J connectivity index is 1.64. The zero-order valence-electron chi connectivity index (χ0n) is 18.2. The molecule has 10 heteroatoms. The lowest BCUT2D eigenvalue weighted by molar-refractivity contribution is -0.274. The van der Waals surface area contributed by atoms with Gasteiger partial charge in [-0.1, -0.05) is 0 Å². The average Bonchev–Trinajstić information content (AvgIpc) is 3.53. The number of benzene rings is 1. The molecule has 1 fully saturated rings. The number of carbonyl (C=O) groups excluding carboxylic acids is 1. The molecule has 2 aromatic heterocycles. The van der Waals surface area contributed by atoms with Crippen molar-refractivity contribution >= 4 is 5.91 Å². The van der Waals surface area contributed by atoms with Gasteiger partial charge in [-0.15, -0.1) is 13.2 Å². The lowest BCUT2D eigenvalue weighted by Crippen LogP contribution is -2.31. The normalized spacial score (nSPS) is 14.7. The highest BCUT2D eigenvalue weighted by Gasteiger charge is 2.35. The minimum absolute atomic E-state index is 0.0492. The maximum Gasteiger partial charge on any atom is 0.573 e. The van der Waals surface area contributed by atoms with Gasteiger partial charge in [-0.05, 0) is 67.1 Å². The van der Waals surface area contributed by atoms with Gasteiger partial charge in [0.25, 0.3) is 5.91 Å². The smallest absolute Gasteiger partial charge is 0.406 e. The van der Waals surface area contributed by atoms with Gasteiger partial charge in [0.2, 0.25) is 5.62 Å². The van der Waals surface area contributed by atoms with Crippen molar-refractivity contribution < 1.29 is 22.7 Å². The lowest BCUT2D eigenvalue weighted by atomic mass is 10.0. The van der Waals surface area contributed by atoms with Crippen molar-refractivity contribution in [1.82, 2.24) is 19.4 Å². The van der Waals surface area contributed by atoms with Gasteiger partial charge in [0.15, 0.2) is 0 Å². The maximum atomic E-state index is 13.1. The SMILES string of the molecule is Cc1ccnc(C(NC(=O)c2cc(Cn3ccn(C)c3=N)cc(OC(F)(F)F)c2)C2CC2)c1. The Morgan fingerprint density at radius 1 is 1.27 bits per heavy atom. The fourth-order valence-corrected chi connectivity index (χ4v) is 3.74. The van der Waals surface area contributed by atoms with Gasteiger partial charge in [0.1, 0.15) is 5.75 Å². The molecule has 1 aliphatic carbocycles. The van der Waals surface area contributed by atoms with Crippen LogP contribution in [0.2, 0.25) is 0 Å². The Labute approximate surface area is 188 Å². The number of rotatable bonds is 7. The van der Waals surface area contributed by atoms with Gasteiger partial charge >= 0.3 is 6.36 Å².